The van der Waals surface area contributed by atoms with Gasteiger partial charge in [-0.2, -0.15) is 0 Å². The lowest BCUT2D eigenvalue weighted by Gasteiger charge is -2.15. The normalized spacial score (nSPS) is 17.7. The molecule has 0 radical (unpaired) electrons. The monoisotopic (exact) mass is 397 g/mol. The molecule has 5 rings (SSSR count). The van der Waals surface area contributed by atoms with E-state index in [1.54, 1.807) is 23.3 Å². The van der Waals surface area contributed by atoms with E-state index in [1.807, 2.05) is 42.1 Å². The van der Waals surface area contributed by atoms with Gasteiger partial charge in [-0.25, -0.2) is 9.55 Å². The van der Waals surface area contributed by atoms with Gasteiger partial charge >= 0.3 is 0 Å². The quantitative estimate of drug-likeness (QED) is 0.491. The predicted octanol–water partition coefficient (Wildman–Crippen LogP) is 3.76. The van der Waals surface area contributed by atoms with E-state index >= 15 is 0 Å². The Kier molecular flexibility index (Phi) is 4.09. The van der Waals surface area contributed by atoms with E-state index < -0.39 is 0 Å². The van der Waals surface area contributed by atoms with Gasteiger partial charge in [0.05, 0.1) is 11.2 Å². The highest BCUT2D eigenvalue weighted by Crippen LogP contribution is 2.46. The van der Waals surface area contributed by atoms with Crippen molar-refractivity contribution in [3.05, 3.63) is 53.3 Å². The second kappa shape index (κ2) is 6.49. The van der Waals surface area contributed by atoms with Crippen LogP contribution >= 0.6 is 23.3 Å². The topological polar surface area (TPSA) is 57.9 Å². The molecule has 5 nitrogen and oxygen atoms in total. The van der Waals surface area contributed by atoms with Crippen LogP contribution in [0.5, 0.6) is 0 Å². The maximum Gasteiger partial charge on any atom is 0.252 e. The van der Waals surface area contributed by atoms with Crippen molar-refractivity contribution < 1.29 is 9.36 Å². The molecule has 7 heteroatoms. The number of carbonyl (C=O) groups excluding carboxylic acids is 1. The molecule has 27 heavy (non-hydrogen) atoms. The number of aryl methyl sites for hydroxylation is 1. The third kappa shape index (κ3) is 3.53. The molecule has 2 aliphatic carbocycles. The Bertz CT molecular complexity index is 1020. The van der Waals surface area contributed by atoms with Crippen molar-refractivity contribution in [2.45, 2.75) is 36.5 Å². The maximum absolute atomic E-state index is 12.9. The zero-order valence-corrected chi connectivity index (χ0v) is 16.7. The summed E-state index contributed by atoms with van der Waals surface area (Å²) in [6, 6.07) is 7.90. The van der Waals surface area contributed by atoms with Crippen molar-refractivity contribution >= 4 is 45.1 Å². The molecule has 138 valence electrons. The third-order valence-electron chi connectivity index (χ3n) is 5.12. The maximum atomic E-state index is 12.9. The largest absolute Gasteiger partial charge is 0.341 e. The Balaban J connectivity index is 1.31. The smallest absolute Gasteiger partial charge is 0.252 e. The number of nitrogens with one attached hydrogen (secondary N) is 2. The van der Waals surface area contributed by atoms with Gasteiger partial charge in [0.15, 0.2) is 17.5 Å². The van der Waals surface area contributed by atoms with Gasteiger partial charge in [-0.1, -0.05) is 0 Å². The first-order valence-electron chi connectivity index (χ1n) is 9.21. The molecule has 0 unspecified atom stereocenters. The minimum absolute atomic E-state index is 0.0301. The lowest BCUT2D eigenvalue weighted by Crippen LogP contribution is -2.35. The Morgan fingerprint density at radius 3 is 2.93 bits per heavy atom. The number of aromatic nitrogens is 2. The molecule has 0 saturated heterocycles. The molecule has 2 fully saturated rings. The average Bonchev–Trinajstić information content (AvgIpc) is 3.60. The van der Waals surface area contributed by atoms with Crippen LogP contribution in [-0.2, 0) is 12.6 Å². The molecule has 1 aromatic carbocycles. The minimum Gasteiger partial charge on any atom is -0.341 e. The van der Waals surface area contributed by atoms with E-state index in [4.69, 9.17) is 4.98 Å². The fourth-order valence-electron chi connectivity index (χ4n) is 3.16. The van der Waals surface area contributed by atoms with Crippen molar-refractivity contribution in [3.63, 3.8) is 0 Å². The van der Waals surface area contributed by atoms with Gasteiger partial charge in [-0.15, -0.1) is 11.3 Å². The number of pyridine rings is 1. The second-order valence-corrected chi connectivity index (χ2v) is 9.41. The van der Waals surface area contributed by atoms with Gasteiger partial charge in [-0.05, 0) is 61.2 Å². The summed E-state index contributed by atoms with van der Waals surface area (Å²) in [6.45, 7) is 0. The first-order valence-corrected chi connectivity index (χ1v) is 11.0. The van der Waals surface area contributed by atoms with E-state index in [0.717, 1.165) is 39.7 Å². The van der Waals surface area contributed by atoms with Gasteiger partial charge in [0.2, 0.25) is 0 Å². The molecule has 2 saturated carbocycles. The number of nitrogens with zero attached hydrogens (tertiary/aromatic N) is 2. The fourth-order valence-corrected chi connectivity index (χ4v) is 4.83. The van der Waals surface area contributed by atoms with Crippen LogP contribution in [-0.4, -0.2) is 16.1 Å². The summed E-state index contributed by atoms with van der Waals surface area (Å²) in [6.07, 6.45) is 8.53. The van der Waals surface area contributed by atoms with Crippen LogP contribution in [0.25, 0.3) is 10.8 Å². The standard InChI is InChI=1S/C20H20N4OS2/c1-24-9-6-13-10-14(2-3-15(13)11-24)18(25)22-20(7-8-20)17-12-26-19(21-17)23-27-16-4-5-16/h2-3,6,9-12,16H,4-5,7-8H2,1H3,(H-,21,22,23,25)/p+1. The number of hydrogen-bond acceptors (Lipinski definition) is 5. The highest BCUT2D eigenvalue weighted by Gasteiger charge is 2.47. The number of anilines is 1. The van der Waals surface area contributed by atoms with Crippen molar-refractivity contribution in [3.8, 4) is 0 Å². The van der Waals surface area contributed by atoms with Crippen LogP contribution in [0.3, 0.4) is 0 Å². The Morgan fingerprint density at radius 1 is 1.30 bits per heavy atom. The summed E-state index contributed by atoms with van der Waals surface area (Å²) in [7, 11) is 2.00. The number of fused-ring (bicyclic) bond motifs is 1. The van der Waals surface area contributed by atoms with E-state index in [0.29, 0.717) is 5.56 Å². The van der Waals surface area contributed by atoms with Crippen molar-refractivity contribution in [2.24, 2.45) is 7.05 Å². The highest BCUT2D eigenvalue weighted by molar-refractivity contribution is 8.01. The van der Waals surface area contributed by atoms with E-state index in [9.17, 15) is 4.79 Å². The summed E-state index contributed by atoms with van der Waals surface area (Å²) in [4.78, 5) is 17.6. The van der Waals surface area contributed by atoms with Gasteiger partial charge in [0.1, 0.15) is 7.05 Å². The molecule has 0 aliphatic heterocycles. The van der Waals surface area contributed by atoms with E-state index in [-0.39, 0.29) is 11.4 Å². The van der Waals surface area contributed by atoms with Gasteiger partial charge in [0.25, 0.3) is 5.91 Å². The molecule has 3 aromatic rings. The van der Waals surface area contributed by atoms with Gasteiger partial charge < -0.3 is 10.0 Å². The molecule has 2 N–H and O–H groups in total. The highest BCUT2D eigenvalue weighted by atomic mass is 32.2. The van der Waals surface area contributed by atoms with Crippen LogP contribution in [0.2, 0.25) is 0 Å². The fraction of sp³-hybridized carbons (Fsp3) is 0.350. The average molecular weight is 398 g/mol. The molecular formula is C20H21N4OS2+. The van der Waals surface area contributed by atoms with Crippen LogP contribution in [0.1, 0.15) is 41.7 Å². The van der Waals surface area contributed by atoms with Gasteiger partial charge in [0, 0.05) is 27.6 Å². The second-order valence-electron chi connectivity index (χ2n) is 7.45. The SMILES string of the molecule is C[n+]1ccc2cc(C(=O)NC3(c4csc(NSC5CC5)n4)CC3)ccc2c1. The van der Waals surface area contributed by atoms with Crippen molar-refractivity contribution in [1.82, 2.24) is 10.3 Å². The zero-order chi connectivity index (χ0) is 18.4. The van der Waals surface area contributed by atoms with Gasteiger partial charge in [-0.3, -0.25) is 4.79 Å². The summed E-state index contributed by atoms with van der Waals surface area (Å²) >= 11 is 3.38. The summed E-state index contributed by atoms with van der Waals surface area (Å²) in [5, 5.41) is 9.17. The summed E-state index contributed by atoms with van der Waals surface area (Å²) in [5.74, 6) is -0.0301. The lowest BCUT2D eigenvalue weighted by molar-refractivity contribution is -0.670. The predicted molar refractivity (Wildman–Crippen MR) is 110 cm³/mol. The summed E-state index contributed by atoms with van der Waals surface area (Å²) < 4.78 is 5.36. The number of amides is 1. The minimum atomic E-state index is -0.296. The lowest BCUT2D eigenvalue weighted by atomic mass is 10.1. The van der Waals surface area contributed by atoms with Crippen LogP contribution in [0.15, 0.2) is 42.0 Å². The van der Waals surface area contributed by atoms with Crippen LogP contribution < -0.4 is 14.6 Å². The van der Waals surface area contributed by atoms with Crippen molar-refractivity contribution in [1.29, 1.82) is 0 Å². The number of benzene rings is 1. The first kappa shape index (κ1) is 17.0. The molecule has 2 aliphatic rings. The number of rotatable bonds is 6. The third-order valence-corrected chi connectivity index (χ3v) is 7.12. The Hall–Kier alpha value is -2.12. The molecular weight excluding hydrogens is 376 g/mol. The first-order chi connectivity index (χ1) is 13.1. The van der Waals surface area contributed by atoms with E-state index in [2.05, 4.69) is 21.6 Å². The Labute approximate surface area is 166 Å². The molecule has 2 heterocycles. The molecule has 0 spiro atoms. The van der Waals surface area contributed by atoms with Crippen LogP contribution in [0, 0.1) is 0 Å². The Morgan fingerprint density at radius 2 is 2.15 bits per heavy atom. The zero-order valence-electron chi connectivity index (χ0n) is 15.1. The number of hydrogen-bond donors (Lipinski definition) is 2. The number of carbonyl (C=O) groups is 1. The number of thiazole rings is 1. The van der Waals surface area contributed by atoms with Crippen LogP contribution in [0.4, 0.5) is 5.13 Å². The molecule has 1 amide bonds. The molecule has 2 aromatic heterocycles. The summed E-state index contributed by atoms with van der Waals surface area (Å²) in [5.41, 5.74) is 1.38. The molecule has 0 atom stereocenters. The van der Waals surface area contributed by atoms with Crippen molar-refractivity contribution in [2.75, 3.05) is 4.72 Å². The molecule has 0 bridgehead atoms. The van der Waals surface area contributed by atoms with E-state index in [1.165, 1.54) is 12.8 Å².